The molecule has 164 valence electrons. The summed E-state index contributed by atoms with van der Waals surface area (Å²) in [5.41, 5.74) is 3.62. The third kappa shape index (κ3) is 5.08. The summed E-state index contributed by atoms with van der Waals surface area (Å²) in [6.45, 7) is 6.79. The third-order valence-corrected chi connectivity index (χ3v) is 6.09. The molecule has 1 aromatic heterocycles. The first kappa shape index (κ1) is 21.4. The monoisotopic (exact) mass is 424 g/mol. The van der Waals surface area contributed by atoms with E-state index in [-0.39, 0.29) is 22.4 Å². The molecule has 1 amide bonds. The zero-order chi connectivity index (χ0) is 21.8. The summed E-state index contributed by atoms with van der Waals surface area (Å²) in [5.74, 6) is 0.283. The average Bonchev–Trinajstić information content (AvgIpc) is 2.80. The molecule has 0 aliphatic carbocycles. The number of nitro groups is 1. The largest absolute Gasteiger partial charge is 0.378 e. The van der Waals surface area contributed by atoms with Crippen LogP contribution in [0.3, 0.4) is 0 Å². The van der Waals surface area contributed by atoms with Crippen LogP contribution in [-0.2, 0) is 11.3 Å². The molecule has 31 heavy (non-hydrogen) atoms. The number of hydrogen-bond donors (Lipinski definition) is 0. The number of nitro benzene ring substituents is 1. The lowest BCUT2D eigenvalue weighted by atomic mass is 9.89. The highest BCUT2D eigenvalue weighted by Crippen LogP contribution is 2.31. The first-order valence-corrected chi connectivity index (χ1v) is 10.8. The first-order valence-electron chi connectivity index (χ1n) is 10.8. The van der Waals surface area contributed by atoms with Crippen LogP contribution in [0.15, 0.2) is 36.4 Å². The number of non-ortho nitro benzene ring substituents is 1. The van der Waals surface area contributed by atoms with Crippen molar-refractivity contribution in [2.75, 3.05) is 39.4 Å². The molecule has 0 bridgehead atoms. The van der Waals surface area contributed by atoms with Crippen LogP contribution in [-0.4, -0.2) is 65.0 Å². The Bertz CT molecular complexity index is 950. The molecule has 0 saturated carbocycles. The molecule has 8 heteroatoms. The number of hydrogen-bond acceptors (Lipinski definition) is 6. The van der Waals surface area contributed by atoms with Crippen molar-refractivity contribution < 1.29 is 14.5 Å². The van der Waals surface area contributed by atoms with Gasteiger partial charge in [-0.05, 0) is 50.6 Å². The number of piperidine rings is 1. The van der Waals surface area contributed by atoms with E-state index in [1.165, 1.54) is 6.07 Å². The Morgan fingerprint density at radius 1 is 1.16 bits per heavy atom. The molecule has 0 unspecified atom stereocenters. The molecule has 2 aliphatic rings. The van der Waals surface area contributed by atoms with Crippen molar-refractivity contribution >= 4 is 11.6 Å². The second-order valence-electron chi connectivity index (χ2n) is 8.27. The quantitative estimate of drug-likeness (QED) is 0.541. The van der Waals surface area contributed by atoms with Crippen molar-refractivity contribution in [2.24, 2.45) is 0 Å². The van der Waals surface area contributed by atoms with Crippen LogP contribution < -0.4 is 0 Å². The van der Waals surface area contributed by atoms with Gasteiger partial charge in [0.15, 0.2) is 0 Å². The molecule has 2 saturated heterocycles. The van der Waals surface area contributed by atoms with E-state index in [0.29, 0.717) is 38.4 Å². The lowest BCUT2D eigenvalue weighted by Gasteiger charge is -2.33. The molecular formula is C23H28N4O4. The molecule has 2 aliphatic heterocycles. The van der Waals surface area contributed by atoms with E-state index in [4.69, 9.17) is 9.72 Å². The molecule has 0 atom stereocenters. The van der Waals surface area contributed by atoms with E-state index in [1.807, 2.05) is 30.0 Å². The molecule has 3 heterocycles. The van der Waals surface area contributed by atoms with Gasteiger partial charge in [0.05, 0.1) is 29.4 Å². The fraction of sp³-hybridized carbons (Fsp3) is 0.478. The molecule has 4 rings (SSSR count). The van der Waals surface area contributed by atoms with Gasteiger partial charge in [-0.25, -0.2) is 0 Å². The number of amides is 1. The summed E-state index contributed by atoms with van der Waals surface area (Å²) in [6.07, 6.45) is 1.82. The Morgan fingerprint density at radius 3 is 2.61 bits per heavy atom. The van der Waals surface area contributed by atoms with E-state index in [2.05, 4.69) is 4.90 Å². The molecule has 1 aromatic carbocycles. The van der Waals surface area contributed by atoms with E-state index < -0.39 is 0 Å². The highest BCUT2D eigenvalue weighted by molar-refractivity contribution is 5.95. The number of pyridine rings is 1. The van der Waals surface area contributed by atoms with Gasteiger partial charge < -0.3 is 9.64 Å². The molecule has 0 spiro atoms. The van der Waals surface area contributed by atoms with Gasteiger partial charge >= 0.3 is 0 Å². The molecule has 0 N–H and O–H groups in total. The van der Waals surface area contributed by atoms with Crippen molar-refractivity contribution in [3.63, 3.8) is 0 Å². The number of nitrogens with zero attached hydrogens (tertiary/aromatic N) is 4. The van der Waals surface area contributed by atoms with Crippen LogP contribution in [0.25, 0.3) is 0 Å². The van der Waals surface area contributed by atoms with Crippen LogP contribution >= 0.6 is 0 Å². The minimum Gasteiger partial charge on any atom is -0.378 e. The Kier molecular flexibility index (Phi) is 6.58. The fourth-order valence-electron chi connectivity index (χ4n) is 4.40. The van der Waals surface area contributed by atoms with Crippen LogP contribution in [0.1, 0.15) is 46.1 Å². The summed E-state index contributed by atoms with van der Waals surface area (Å²) < 4.78 is 5.38. The number of aryl methyl sites for hydroxylation is 1. The predicted octanol–water partition coefficient (Wildman–Crippen LogP) is 3.15. The highest BCUT2D eigenvalue weighted by atomic mass is 16.6. The lowest BCUT2D eigenvalue weighted by Crippen LogP contribution is -2.41. The number of aromatic nitrogens is 1. The van der Waals surface area contributed by atoms with Gasteiger partial charge in [0.1, 0.15) is 0 Å². The van der Waals surface area contributed by atoms with Crippen molar-refractivity contribution in [3.05, 3.63) is 69.0 Å². The van der Waals surface area contributed by atoms with Gasteiger partial charge in [-0.3, -0.25) is 24.8 Å². The number of rotatable bonds is 5. The van der Waals surface area contributed by atoms with Crippen molar-refractivity contribution in [1.29, 1.82) is 0 Å². The molecular weight excluding hydrogens is 396 g/mol. The normalized spacial score (nSPS) is 18.2. The van der Waals surface area contributed by atoms with E-state index in [0.717, 1.165) is 42.9 Å². The zero-order valence-electron chi connectivity index (χ0n) is 17.8. The van der Waals surface area contributed by atoms with Crippen molar-refractivity contribution in [1.82, 2.24) is 14.8 Å². The van der Waals surface area contributed by atoms with E-state index in [1.54, 1.807) is 12.1 Å². The number of carbonyl (C=O) groups is 1. The standard InChI is InChI=1S/C23H28N4O4/c1-17-5-6-21(23(28)26-11-13-31-14-12-26)22(24-17)19-7-9-25(10-8-19)16-18-3-2-4-20(15-18)27(29)30/h2-6,15,19H,7-14,16H2,1H3. The Hall–Kier alpha value is -2.84. The van der Waals surface area contributed by atoms with Gasteiger partial charge in [-0.15, -0.1) is 0 Å². The number of benzene rings is 1. The van der Waals surface area contributed by atoms with Crippen LogP contribution in [0, 0.1) is 17.0 Å². The van der Waals surface area contributed by atoms with E-state index in [9.17, 15) is 14.9 Å². The van der Waals surface area contributed by atoms with Crippen molar-refractivity contribution in [2.45, 2.75) is 32.2 Å². The van der Waals surface area contributed by atoms with Gasteiger partial charge in [-0.2, -0.15) is 0 Å². The number of morpholine rings is 1. The number of likely N-dealkylation sites (tertiary alicyclic amines) is 1. The van der Waals surface area contributed by atoms with Crippen molar-refractivity contribution in [3.8, 4) is 0 Å². The Morgan fingerprint density at radius 2 is 1.90 bits per heavy atom. The van der Waals surface area contributed by atoms with Gasteiger partial charge in [-0.1, -0.05) is 12.1 Å². The minimum absolute atomic E-state index is 0.0461. The minimum atomic E-state index is -0.355. The van der Waals surface area contributed by atoms with Crippen LogP contribution in [0.2, 0.25) is 0 Å². The van der Waals surface area contributed by atoms with Crippen LogP contribution in [0.4, 0.5) is 5.69 Å². The maximum Gasteiger partial charge on any atom is 0.269 e. The Balaban J connectivity index is 1.44. The van der Waals surface area contributed by atoms with Gasteiger partial charge in [0.25, 0.3) is 11.6 Å². The molecule has 2 fully saturated rings. The smallest absolute Gasteiger partial charge is 0.269 e. The molecule has 0 radical (unpaired) electrons. The first-order chi connectivity index (χ1) is 15.0. The summed E-state index contributed by atoms with van der Waals surface area (Å²) in [7, 11) is 0. The Labute approximate surface area is 182 Å². The topological polar surface area (TPSA) is 88.8 Å². The predicted molar refractivity (Wildman–Crippen MR) is 116 cm³/mol. The third-order valence-electron chi connectivity index (χ3n) is 6.09. The maximum atomic E-state index is 13.1. The molecule has 8 nitrogen and oxygen atoms in total. The van der Waals surface area contributed by atoms with Gasteiger partial charge in [0, 0.05) is 43.4 Å². The molecule has 2 aromatic rings. The summed E-state index contributed by atoms with van der Waals surface area (Å²) in [5, 5.41) is 11.0. The maximum absolute atomic E-state index is 13.1. The SMILES string of the molecule is Cc1ccc(C(=O)N2CCOCC2)c(C2CCN(Cc3cccc([N+](=O)[O-])c3)CC2)n1. The lowest BCUT2D eigenvalue weighted by molar-refractivity contribution is -0.384. The average molecular weight is 425 g/mol. The second-order valence-corrected chi connectivity index (χ2v) is 8.27. The summed E-state index contributed by atoms with van der Waals surface area (Å²) >= 11 is 0. The van der Waals surface area contributed by atoms with Gasteiger partial charge in [0.2, 0.25) is 0 Å². The second kappa shape index (κ2) is 9.53. The summed E-state index contributed by atoms with van der Waals surface area (Å²) in [4.78, 5) is 32.8. The number of ether oxygens (including phenoxy) is 1. The van der Waals surface area contributed by atoms with E-state index >= 15 is 0 Å². The summed E-state index contributed by atoms with van der Waals surface area (Å²) in [6, 6.07) is 10.7. The fourth-order valence-corrected chi connectivity index (χ4v) is 4.40. The van der Waals surface area contributed by atoms with Crippen LogP contribution in [0.5, 0.6) is 0 Å². The highest BCUT2D eigenvalue weighted by Gasteiger charge is 2.28. The number of carbonyl (C=O) groups excluding carboxylic acids is 1. The zero-order valence-corrected chi connectivity index (χ0v) is 17.8.